The van der Waals surface area contributed by atoms with E-state index >= 15 is 0 Å². The Morgan fingerprint density at radius 3 is 2.57 bits per heavy atom. The first-order chi connectivity index (χ1) is 14.3. The highest BCUT2D eigenvalue weighted by Gasteiger charge is 2.24. The Labute approximate surface area is 178 Å². The molecule has 0 atom stereocenters. The number of fused-ring (bicyclic) bond motifs is 2. The smallest absolute Gasteiger partial charge is 0.272 e. The summed E-state index contributed by atoms with van der Waals surface area (Å²) in [5.41, 5.74) is 5.84. The van der Waals surface area contributed by atoms with Crippen molar-refractivity contribution in [2.75, 3.05) is 13.6 Å². The molecule has 30 heavy (non-hydrogen) atoms. The second-order valence-corrected chi connectivity index (χ2v) is 10.4. The van der Waals surface area contributed by atoms with Gasteiger partial charge in [-0.25, -0.2) is 8.42 Å². The third kappa shape index (κ3) is 4.09. The number of carbonyl (C=O) groups is 2. The van der Waals surface area contributed by atoms with Crippen molar-refractivity contribution in [3.63, 3.8) is 0 Å². The lowest BCUT2D eigenvalue weighted by atomic mass is 10.1. The molecule has 0 aliphatic heterocycles. The summed E-state index contributed by atoms with van der Waals surface area (Å²) in [4.78, 5) is 26.3. The topological polar surface area (TPSA) is 95.6 Å². The van der Waals surface area contributed by atoms with Crippen LogP contribution in [0, 0.1) is 0 Å². The summed E-state index contributed by atoms with van der Waals surface area (Å²) in [6.07, 6.45) is 3.07. The zero-order valence-corrected chi connectivity index (χ0v) is 18.0. The monoisotopic (exact) mass is 443 g/mol. The molecule has 0 saturated heterocycles. The van der Waals surface area contributed by atoms with E-state index in [-0.39, 0.29) is 4.90 Å². The summed E-state index contributed by atoms with van der Waals surface area (Å²) in [5, 5.41) is 1.73. The fourth-order valence-electron chi connectivity index (χ4n) is 3.46. The minimum atomic E-state index is -3.85. The molecule has 3 aromatic rings. The van der Waals surface area contributed by atoms with Crippen molar-refractivity contribution in [3.8, 4) is 0 Å². The predicted octanol–water partition coefficient (Wildman–Crippen LogP) is 2.47. The van der Waals surface area contributed by atoms with Crippen LogP contribution >= 0.6 is 11.3 Å². The van der Waals surface area contributed by atoms with Crippen molar-refractivity contribution in [3.05, 3.63) is 63.8 Å². The maximum absolute atomic E-state index is 12.8. The third-order valence-corrected chi connectivity index (χ3v) is 8.12. The lowest BCUT2D eigenvalue weighted by Gasteiger charge is -2.17. The number of aryl methyl sites for hydroxylation is 2. The number of hydrazine groups is 1. The molecule has 1 aliphatic rings. The van der Waals surface area contributed by atoms with E-state index in [1.807, 2.05) is 30.3 Å². The number of hydrogen-bond acceptors (Lipinski definition) is 5. The van der Waals surface area contributed by atoms with E-state index in [1.54, 1.807) is 12.1 Å². The largest absolute Gasteiger partial charge is 0.279 e. The van der Waals surface area contributed by atoms with Crippen molar-refractivity contribution in [1.82, 2.24) is 15.2 Å². The van der Waals surface area contributed by atoms with Crippen LogP contribution in [-0.4, -0.2) is 38.1 Å². The van der Waals surface area contributed by atoms with Gasteiger partial charge in [-0.3, -0.25) is 20.4 Å². The van der Waals surface area contributed by atoms with Crippen molar-refractivity contribution in [2.24, 2.45) is 0 Å². The van der Waals surface area contributed by atoms with Gasteiger partial charge in [0.1, 0.15) is 0 Å². The van der Waals surface area contributed by atoms with E-state index in [2.05, 4.69) is 10.9 Å². The van der Waals surface area contributed by atoms with Crippen molar-refractivity contribution >= 4 is 43.9 Å². The number of nitrogens with one attached hydrogen (secondary N) is 2. The SMILES string of the molecule is CN(CC(=O)NNC(=O)c1cc2c(s1)CCC2)S(=O)(=O)c1ccc2ccccc2c1. The molecular formula is C21H21N3O4S2. The van der Waals surface area contributed by atoms with Crippen LogP contribution < -0.4 is 10.9 Å². The molecule has 0 unspecified atom stereocenters. The van der Waals surface area contributed by atoms with E-state index in [4.69, 9.17) is 0 Å². The summed E-state index contributed by atoms with van der Waals surface area (Å²) >= 11 is 1.43. The molecule has 2 aromatic carbocycles. The molecule has 0 spiro atoms. The number of amides is 2. The molecule has 1 aliphatic carbocycles. The second-order valence-electron chi connectivity index (χ2n) is 7.18. The van der Waals surface area contributed by atoms with E-state index in [0.29, 0.717) is 4.88 Å². The van der Waals surface area contributed by atoms with Crippen LogP contribution in [0.15, 0.2) is 53.4 Å². The number of benzene rings is 2. The fraction of sp³-hybridized carbons (Fsp3) is 0.238. The molecule has 2 N–H and O–H groups in total. The molecule has 9 heteroatoms. The molecule has 4 rings (SSSR count). The highest BCUT2D eigenvalue weighted by atomic mass is 32.2. The van der Waals surface area contributed by atoms with Crippen LogP contribution in [0.25, 0.3) is 10.8 Å². The average Bonchev–Trinajstić information content (AvgIpc) is 3.34. The number of likely N-dealkylation sites (N-methyl/N-ethyl adjacent to an activating group) is 1. The highest BCUT2D eigenvalue weighted by Crippen LogP contribution is 2.30. The fourth-order valence-corrected chi connectivity index (χ4v) is 5.78. The second kappa shape index (κ2) is 8.17. The summed E-state index contributed by atoms with van der Waals surface area (Å²) in [5.74, 6) is -1.03. The molecule has 1 heterocycles. The number of thiophene rings is 1. The summed E-state index contributed by atoms with van der Waals surface area (Å²) < 4.78 is 26.6. The molecule has 7 nitrogen and oxygen atoms in total. The van der Waals surface area contributed by atoms with Gasteiger partial charge in [0.05, 0.1) is 16.3 Å². The molecule has 0 bridgehead atoms. The Bertz CT molecular complexity index is 1210. The Morgan fingerprint density at radius 1 is 1.03 bits per heavy atom. The first kappa shape index (κ1) is 20.5. The molecule has 0 radical (unpaired) electrons. The van der Waals surface area contributed by atoms with Crippen LogP contribution in [0.4, 0.5) is 0 Å². The van der Waals surface area contributed by atoms with Crippen molar-refractivity contribution in [1.29, 1.82) is 0 Å². The molecule has 0 fully saturated rings. The van der Waals surface area contributed by atoms with Gasteiger partial charge in [-0.1, -0.05) is 30.3 Å². The van der Waals surface area contributed by atoms with Gasteiger partial charge in [0.15, 0.2) is 0 Å². The van der Waals surface area contributed by atoms with E-state index in [1.165, 1.54) is 34.9 Å². The predicted molar refractivity (Wildman–Crippen MR) is 116 cm³/mol. The van der Waals surface area contributed by atoms with Crippen molar-refractivity contribution in [2.45, 2.75) is 24.2 Å². The Kier molecular flexibility index (Phi) is 5.59. The van der Waals surface area contributed by atoms with Gasteiger partial charge in [-0.15, -0.1) is 11.3 Å². The summed E-state index contributed by atoms with van der Waals surface area (Å²) in [6, 6.07) is 14.1. The van der Waals surface area contributed by atoms with Crippen LogP contribution in [0.3, 0.4) is 0 Å². The summed E-state index contributed by atoms with van der Waals surface area (Å²) in [7, 11) is -2.52. The van der Waals surface area contributed by atoms with Gasteiger partial charge >= 0.3 is 0 Å². The van der Waals surface area contributed by atoms with E-state index in [9.17, 15) is 18.0 Å². The maximum Gasteiger partial charge on any atom is 0.279 e. The summed E-state index contributed by atoms with van der Waals surface area (Å²) in [6.45, 7) is -0.420. The molecule has 2 amide bonds. The quantitative estimate of drug-likeness (QED) is 0.592. The van der Waals surface area contributed by atoms with Gasteiger partial charge in [0, 0.05) is 11.9 Å². The minimum Gasteiger partial charge on any atom is -0.272 e. The number of sulfonamides is 1. The lowest BCUT2D eigenvalue weighted by Crippen LogP contribution is -2.46. The first-order valence-corrected chi connectivity index (χ1v) is 11.8. The van der Waals surface area contributed by atoms with Crippen LogP contribution in [-0.2, 0) is 27.7 Å². The maximum atomic E-state index is 12.8. The van der Waals surface area contributed by atoms with Crippen LogP contribution in [0.5, 0.6) is 0 Å². The normalized spacial score (nSPS) is 13.4. The number of carbonyl (C=O) groups excluding carboxylic acids is 2. The Hall–Kier alpha value is -2.75. The number of hydrogen-bond donors (Lipinski definition) is 2. The lowest BCUT2D eigenvalue weighted by molar-refractivity contribution is -0.121. The molecular weight excluding hydrogens is 422 g/mol. The van der Waals surface area contributed by atoms with Gasteiger partial charge in [-0.2, -0.15) is 4.31 Å². The van der Waals surface area contributed by atoms with Gasteiger partial charge in [0.2, 0.25) is 10.0 Å². The Morgan fingerprint density at radius 2 is 1.80 bits per heavy atom. The zero-order chi connectivity index (χ0) is 21.3. The van der Waals surface area contributed by atoms with Crippen LogP contribution in [0.2, 0.25) is 0 Å². The van der Waals surface area contributed by atoms with Crippen LogP contribution in [0.1, 0.15) is 26.5 Å². The van der Waals surface area contributed by atoms with E-state index in [0.717, 1.165) is 34.3 Å². The minimum absolute atomic E-state index is 0.105. The van der Waals surface area contributed by atoms with Gasteiger partial charge in [-0.05, 0) is 53.8 Å². The van der Waals surface area contributed by atoms with E-state index < -0.39 is 28.4 Å². The molecule has 1 aromatic heterocycles. The average molecular weight is 444 g/mol. The third-order valence-electron chi connectivity index (χ3n) is 5.08. The highest BCUT2D eigenvalue weighted by molar-refractivity contribution is 7.89. The molecule has 0 saturated carbocycles. The van der Waals surface area contributed by atoms with Gasteiger partial charge in [0.25, 0.3) is 11.8 Å². The standard InChI is InChI=1S/C21H21N3O4S2/c1-24(30(27,28)17-10-9-14-5-2-3-6-15(14)11-17)13-20(25)22-23-21(26)19-12-16-7-4-8-18(16)29-19/h2-3,5-6,9-12H,4,7-8,13H2,1H3,(H,22,25)(H,23,26). The first-order valence-electron chi connectivity index (χ1n) is 9.50. The Balaban J connectivity index is 1.37. The number of nitrogens with zero attached hydrogens (tertiary/aromatic N) is 1. The number of rotatable bonds is 5. The van der Waals surface area contributed by atoms with Gasteiger partial charge < -0.3 is 0 Å². The zero-order valence-electron chi connectivity index (χ0n) is 16.3. The van der Waals surface area contributed by atoms with Crippen molar-refractivity contribution < 1.29 is 18.0 Å². The molecule has 156 valence electrons.